The van der Waals surface area contributed by atoms with Crippen LogP contribution in [0.2, 0.25) is 0 Å². The van der Waals surface area contributed by atoms with Gasteiger partial charge in [0, 0.05) is 5.39 Å². The number of morpholine rings is 1. The molecule has 10 heteroatoms. The molecular weight excluding hydrogens is 382 g/mol. The molecule has 0 amide bonds. The molecule has 0 spiro atoms. The molecule has 1 fully saturated rings. The molecule has 0 bridgehead atoms. The van der Waals surface area contributed by atoms with Crippen molar-refractivity contribution in [3.63, 3.8) is 0 Å². The molecular formula is C18H22N5O4S+. The molecule has 3 aromatic rings. The largest absolute Gasteiger partial charge is 0.384 e. The quantitative estimate of drug-likeness (QED) is 0.504. The lowest BCUT2D eigenvalue weighted by molar-refractivity contribution is -0.908. The number of benzene rings is 1. The summed E-state index contributed by atoms with van der Waals surface area (Å²) in [7, 11) is -3.90. The Morgan fingerprint density at radius 1 is 1.21 bits per heavy atom. The zero-order valence-electron chi connectivity index (χ0n) is 15.2. The van der Waals surface area contributed by atoms with Gasteiger partial charge in [-0.05, 0) is 12.1 Å². The number of nitrogen functional groups attached to an aromatic ring is 1. The molecule has 9 nitrogen and oxygen atoms in total. The fourth-order valence-corrected chi connectivity index (χ4v) is 5.19. The molecule has 4 N–H and O–H groups in total. The molecule has 1 aliphatic heterocycles. The zero-order valence-corrected chi connectivity index (χ0v) is 16.0. The van der Waals surface area contributed by atoms with Crippen molar-refractivity contribution < 1.29 is 18.1 Å². The average molecular weight is 404 g/mol. The summed E-state index contributed by atoms with van der Waals surface area (Å²) in [6, 6.07) is 8.06. The van der Waals surface area contributed by atoms with Crippen LogP contribution in [0.1, 0.15) is 0 Å². The Bertz CT molecular complexity index is 1150. The molecule has 0 radical (unpaired) electrons. The summed E-state index contributed by atoms with van der Waals surface area (Å²) < 4.78 is 33.4. The Morgan fingerprint density at radius 3 is 2.64 bits per heavy atom. The lowest BCUT2D eigenvalue weighted by atomic mass is 10.3. The minimum atomic E-state index is -3.90. The van der Waals surface area contributed by atoms with E-state index in [0.717, 1.165) is 13.1 Å². The van der Waals surface area contributed by atoms with Gasteiger partial charge >= 0.3 is 0 Å². The predicted molar refractivity (Wildman–Crippen MR) is 103 cm³/mol. The van der Waals surface area contributed by atoms with Crippen LogP contribution in [0, 0.1) is 0 Å². The van der Waals surface area contributed by atoms with Crippen molar-refractivity contribution in [2.45, 2.75) is 16.3 Å². The normalized spacial score (nSPS) is 15.9. The summed E-state index contributed by atoms with van der Waals surface area (Å²) in [5.74, 6) is 0.0602. The maximum atomic E-state index is 13.2. The van der Waals surface area contributed by atoms with E-state index in [1.807, 2.05) is 0 Å². The van der Waals surface area contributed by atoms with Gasteiger partial charge in [0.1, 0.15) is 29.3 Å². The Morgan fingerprint density at radius 2 is 1.93 bits per heavy atom. The number of rotatable bonds is 5. The SMILES string of the molecule is Nc1c(S(=O)(=O)c2ccccc2)c2cn[nH]c(=O)c2n1CC[NH+]1CCOCC1. The number of aromatic nitrogens is 3. The third-order valence-corrected chi connectivity index (χ3v) is 6.94. The first-order valence-electron chi connectivity index (χ1n) is 9.07. The molecule has 0 saturated carbocycles. The van der Waals surface area contributed by atoms with Crippen molar-refractivity contribution in [3.8, 4) is 0 Å². The average Bonchev–Trinajstić information content (AvgIpc) is 3.01. The Kier molecular flexibility index (Phi) is 4.92. The number of aromatic amines is 1. The summed E-state index contributed by atoms with van der Waals surface area (Å²) >= 11 is 0. The number of H-pyrrole nitrogens is 1. The van der Waals surface area contributed by atoms with Crippen molar-refractivity contribution >= 4 is 26.6 Å². The summed E-state index contributed by atoms with van der Waals surface area (Å²) in [4.78, 5) is 13.8. The molecule has 2 aromatic heterocycles. The molecule has 3 heterocycles. The van der Waals surface area contributed by atoms with Crippen LogP contribution >= 0.6 is 0 Å². The lowest BCUT2D eigenvalue weighted by Crippen LogP contribution is -3.14. The highest BCUT2D eigenvalue weighted by Crippen LogP contribution is 2.33. The van der Waals surface area contributed by atoms with Crippen molar-refractivity contribution in [2.75, 3.05) is 38.6 Å². The molecule has 28 heavy (non-hydrogen) atoms. The van der Waals surface area contributed by atoms with E-state index in [-0.39, 0.29) is 26.5 Å². The minimum absolute atomic E-state index is 0.0602. The number of nitrogens with two attached hydrogens (primary N) is 1. The van der Waals surface area contributed by atoms with E-state index in [1.54, 1.807) is 22.8 Å². The fraction of sp³-hybridized carbons (Fsp3) is 0.333. The van der Waals surface area contributed by atoms with Crippen LogP contribution in [0.4, 0.5) is 5.82 Å². The van der Waals surface area contributed by atoms with Crippen molar-refractivity contribution in [3.05, 3.63) is 46.9 Å². The number of nitrogens with one attached hydrogen (secondary N) is 2. The number of hydrogen-bond acceptors (Lipinski definition) is 6. The maximum Gasteiger partial charge on any atom is 0.288 e. The van der Waals surface area contributed by atoms with Gasteiger partial charge in [0.2, 0.25) is 9.84 Å². The number of hydrogen-bond donors (Lipinski definition) is 3. The smallest absolute Gasteiger partial charge is 0.288 e. The Balaban J connectivity index is 1.83. The number of nitrogens with zero attached hydrogens (tertiary/aromatic N) is 2. The van der Waals surface area contributed by atoms with E-state index in [2.05, 4.69) is 10.2 Å². The number of sulfone groups is 1. The van der Waals surface area contributed by atoms with E-state index < -0.39 is 15.4 Å². The van der Waals surface area contributed by atoms with Gasteiger partial charge in [-0.1, -0.05) is 18.2 Å². The summed E-state index contributed by atoms with van der Waals surface area (Å²) in [5, 5.41) is 6.41. The van der Waals surface area contributed by atoms with Gasteiger partial charge in [-0.2, -0.15) is 5.10 Å². The van der Waals surface area contributed by atoms with Gasteiger partial charge in [0.25, 0.3) is 5.56 Å². The molecule has 0 aliphatic carbocycles. The van der Waals surface area contributed by atoms with Gasteiger partial charge in [0.05, 0.1) is 37.4 Å². The van der Waals surface area contributed by atoms with Crippen LogP contribution in [0.3, 0.4) is 0 Å². The highest BCUT2D eigenvalue weighted by molar-refractivity contribution is 7.92. The predicted octanol–water partition coefficient (Wildman–Crippen LogP) is -0.945. The first-order chi connectivity index (χ1) is 13.5. The van der Waals surface area contributed by atoms with Gasteiger partial charge in [-0.25, -0.2) is 13.5 Å². The Hall–Kier alpha value is -2.69. The van der Waals surface area contributed by atoms with Crippen molar-refractivity contribution in [2.24, 2.45) is 0 Å². The molecule has 1 aliphatic rings. The second-order valence-electron chi connectivity index (χ2n) is 6.76. The highest BCUT2D eigenvalue weighted by Gasteiger charge is 2.29. The van der Waals surface area contributed by atoms with Crippen LogP contribution in [0.5, 0.6) is 0 Å². The summed E-state index contributed by atoms with van der Waals surface area (Å²) in [6.45, 7) is 4.25. The molecule has 0 unspecified atom stereocenters. The van der Waals surface area contributed by atoms with E-state index in [0.29, 0.717) is 26.3 Å². The van der Waals surface area contributed by atoms with Gasteiger partial charge < -0.3 is 19.9 Å². The zero-order chi connectivity index (χ0) is 19.7. The van der Waals surface area contributed by atoms with E-state index >= 15 is 0 Å². The third kappa shape index (κ3) is 3.19. The first kappa shape index (κ1) is 18.7. The number of ether oxygens (including phenoxy) is 1. The molecule has 148 valence electrons. The summed E-state index contributed by atoms with van der Waals surface area (Å²) in [6.07, 6.45) is 1.35. The van der Waals surface area contributed by atoms with E-state index in [1.165, 1.54) is 23.2 Å². The van der Waals surface area contributed by atoms with Crippen LogP contribution < -0.4 is 16.2 Å². The highest BCUT2D eigenvalue weighted by atomic mass is 32.2. The van der Waals surface area contributed by atoms with Crippen LogP contribution in [0.25, 0.3) is 10.9 Å². The Labute approximate surface area is 161 Å². The molecule has 0 atom stereocenters. The van der Waals surface area contributed by atoms with Crippen LogP contribution in [0.15, 0.2) is 51.1 Å². The molecule has 1 aromatic carbocycles. The standard InChI is InChI=1S/C18H21N5O4S/c19-17-16(28(25,26)13-4-2-1-3-5-13)14-12-20-21-18(24)15(14)23(17)7-6-22-8-10-27-11-9-22/h1-5,12H,6-11,19H2,(H,21,24)/p+1. The number of fused-ring (bicyclic) bond motifs is 1. The van der Waals surface area contributed by atoms with E-state index in [4.69, 9.17) is 10.5 Å². The van der Waals surface area contributed by atoms with Crippen LogP contribution in [-0.4, -0.2) is 56.0 Å². The van der Waals surface area contributed by atoms with Gasteiger partial charge in [-0.15, -0.1) is 0 Å². The van der Waals surface area contributed by atoms with Crippen LogP contribution in [-0.2, 0) is 21.1 Å². The topological polar surface area (TPSA) is 125 Å². The summed E-state index contributed by atoms with van der Waals surface area (Å²) in [5.41, 5.74) is 6.06. The monoisotopic (exact) mass is 404 g/mol. The lowest BCUT2D eigenvalue weighted by Gasteiger charge is -2.24. The van der Waals surface area contributed by atoms with Gasteiger partial charge in [-0.3, -0.25) is 4.79 Å². The fourth-order valence-electron chi connectivity index (χ4n) is 3.62. The van der Waals surface area contributed by atoms with E-state index in [9.17, 15) is 13.2 Å². The first-order valence-corrected chi connectivity index (χ1v) is 10.6. The second-order valence-corrected chi connectivity index (χ2v) is 8.64. The van der Waals surface area contributed by atoms with Crippen molar-refractivity contribution in [1.82, 2.24) is 14.8 Å². The maximum absolute atomic E-state index is 13.2. The van der Waals surface area contributed by atoms with Gasteiger partial charge in [0.15, 0.2) is 0 Å². The minimum Gasteiger partial charge on any atom is -0.384 e. The van der Waals surface area contributed by atoms with Crippen molar-refractivity contribution in [1.29, 1.82) is 0 Å². The molecule has 4 rings (SSSR count). The number of anilines is 1. The third-order valence-electron chi connectivity index (χ3n) is 5.08. The second kappa shape index (κ2) is 7.38. The molecule has 1 saturated heterocycles. The number of quaternary nitrogens is 1.